The van der Waals surface area contributed by atoms with Crippen LogP contribution in [0.2, 0.25) is 0 Å². The number of amides is 1. The third kappa shape index (κ3) is 14.9. The van der Waals surface area contributed by atoms with Crippen LogP contribution >= 0.6 is 0 Å². The van der Waals surface area contributed by atoms with E-state index in [0.29, 0.717) is 10.9 Å². The van der Waals surface area contributed by atoms with Crippen LogP contribution in [0.25, 0.3) is 11.0 Å². The minimum Gasteiger partial charge on any atom is -0.463 e. The Kier molecular flexibility index (Phi) is 19.2. The molecule has 2 aromatic rings. The molecule has 0 radical (unpaired) electrons. The van der Waals surface area contributed by atoms with Gasteiger partial charge in [-0.05, 0) is 31.5 Å². The predicted octanol–water partition coefficient (Wildman–Crippen LogP) is 0.666. The zero-order valence-electron chi connectivity index (χ0n) is 41.1. The highest BCUT2D eigenvalue weighted by Crippen LogP contribution is 2.38. The maximum absolute atomic E-state index is 13.3. The summed E-state index contributed by atoms with van der Waals surface area (Å²) < 4.78 is 88.3. The fourth-order valence-corrected chi connectivity index (χ4v) is 8.25. The lowest BCUT2D eigenvalue weighted by Crippen LogP contribution is -2.71. The van der Waals surface area contributed by atoms with Crippen molar-refractivity contribution in [3.8, 4) is 5.75 Å². The van der Waals surface area contributed by atoms with Gasteiger partial charge in [0.15, 0.2) is 49.2 Å². The number of hydrogen-bond acceptors (Lipinski definition) is 25. The summed E-state index contributed by atoms with van der Waals surface area (Å²) in [5.41, 5.74) is -0.0144. The molecule has 396 valence electrons. The maximum Gasteiger partial charge on any atom is 0.336 e. The number of ether oxygens (including phenoxy) is 14. The van der Waals surface area contributed by atoms with Gasteiger partial charge in [-0.2, -0.15) is 0 Å². The molecule has 3 aliphatic rings. The van der Waals surface area contributed by atoms with Crippen molar-refractivity contribution in [2.75, 3.05) is 13.2 Å². The molecule has 26 nitrogen and oxygen atoms in total. The van der Waals surface area contributed by atoms with Gasteiger partial charge in [-0.3, -0.25) is 43.2 Å². The van der Waals surface area contributed by atoms with Gasteiger partial charge in [0.2, 0.25) is 12.2 Å². The number of carbonyl (C=O) groups is 9. The van der Waals surface area contributed by atoms with Crippen LogP contribution in [0.5, 0.6) is 5.75 Å². The van der Waals surface area contributed by atoms with E-state index in [1.165, 1.54) is 25.1 Å². The lowest BCUT2D eigenvalue weighted by atomic mass is 9.94. The molecule has 0 spiro atoms. The third-order valence-corrected chi connectivity index (χ3v) is 10.8. The van der Waals surface area contributed by atoms with Crippen LogP contribution in [0.4, 0.5) is 0 Å². The number of rotatable bonds is 17. The molecule has 72 heavy (non-hydrogen) atoms. The van der Waals surface area contributed by atoms with Crippen molar-refractivity contribution in [2.24, 2.45) is 0 Å². The average molecular weight is 1020 g/mol. The molecular weight excluding hydrogens is 966 g/mol. The first-order chi connectivity index (χ1) is 33.8. The van der Waals surface area contributed by atoms with Crippen molar-refractivity contribution in [3.05, 3.63) is 40.2 Å². The molecular formula is C46H57NO25. The van der Waals surface area contributed by atoms with Gasteiger partial charge < -0.3 is 76.1 Å². The van der Waals surface area contributed by atoms with Crippen molar-refractivity contribution in [3.63, 3.8) is 0 Å². The largest absolute Gasteiger partial charge is 0.463 e. The van der Waals surface area contributed by atoms with Crippen LogP contribution in [0.3, 0.4) is 0 Å². The summed E-state index contributed by atoms with van der Waals surface area (Å²) in [5.74, 6) is -8.04. The molecule has 1 aromatic carbocycles. The van der Waals surface area contributed by atoms with Crippen LogP contribution in [-0.4, -0.2) is 159 Å². The number of carbonyl (C=O) groups excluding carboxylic acids is 9. The second kappa shape index (κ2) is 24.6. The predicted molar refractivity (Wildman–Crippen MR) is 233 cm³/mol. The molecule has 5 rings (SSSR count). The van der Waals surface area contributed by atoms with Crippen molar-refractivity contribution < 1.29 is 114 Å². The van der Waals surface area contributed by atoms with Gasteiger partial charge in [0.05, 0.1) is 6.10 Å². The zero-order valence-corrected chi connectivity index (χ0v) is 41.1. The Hall–Kier alpha value is -6.74. The monoisotopic (exact) mass is 1020 g/mol. The molecule has 3 aliphatic heterocycles. The van der Waals surface area contributed by atoms with Gasteiger partial charge in [0.1, 0.15) is 55.0 Å². The first-order valence-corrected chi connectivity index (χ1v) is 22.4. The molecule has 0 saturated carbocycles. The number of benzene rings is 1. The lowest BCUT2D eigenvalue weighted by molar-refractivity contribution is -0.369. The number of hydrogen-bond donors (Lipinski definition) is 1. The van der Waals surface area contributed by atoms with Crippen molar-refractivity contribution in [2.45, 2.75) is 168 Å². The van der Waals surface area contributed by atoms with Crippen LogP contribution in [0, 0.1) is 6.92 Å². The first-order valence-electron chi connectivity index (χ1n) is 22.4. The van der Waals surface area contributed by atoms with E-state index in [2.05, 4.69) is 5.32 Å². The Morgan fingerprint density at radius 1 is 0.514 bits per heavy atom. The van der Waals surface area contributed by atoms with E-state index in [4.69, 9.17) is 70.7 Å². The summed E-state index contributed by atoms with van der Waals surface area (Å²) in [6, 6.07) is 4.08. The Morgan fingerprint density at radius 3 is 1.47 bits per heavy atom. The van der Waals surface area contributed by atoms with Crippen LogP contribution in [0.15, 0.2) is 33.5 Å². The molecule has 15 atom stereocenters. The normalized spacial score (nSPS) is 30.1. The topological polar surface area (TPSA) is 325 Å². The van der Waals surface area contributed by atoms with Crippen molar-refractivity contribution >= 4 is 64.6 Å². The summed E-state index contributed by atoms with van der Waals surface area (Å²) in [5, 5.41) is 3.22. The molecule has 3 saturated heterocycles. The fraction of sp³-hybridized carbons (Fsp3) is 0.609. The Bertz CT molecular complexity index is 2420. The van der Waals surface area contributed by atoms with E-state index >= 15 is 0 Å². The summed E-state index contributed by atoms with van der Waals surface area (Å²) >= 11 is 0. The van der Waals surface area contributed by atoms with Crippen LogP contribution in [-0.2, 0) is 105 Å². The minimum absolute atomic E-state index is 0.0139. The van der Waals surface area contributed by atoms with Crippen molar-refractivity contribution in [1.29, 1.82) is 0 Å². The van der Waals surface area contributed by atoms with E-state index in [1.54, 1.807) is 13.0 Å². The van der Waals surface area contributed by atoms with E-state index < -0.39 is 165 Å². The van der Waals surface area contributed by atoms with E-state index in [0.717, 1.165) is 62.3 Å². The maximum atomic E-state index is 13.3. The molecule has 1 amide bonds. The van der Waals surface area contributed by atoms with Gasteiger partial charge in [-0.1, -0.05) is 0 Å². The highest BCUT2D eigenvalue weighted by molar-refractivity contribution is 5.81. The highest BCUT2D eigenvalue weighted by Gasteiger charge is 2.59. The standard InChI is InChI=1S/C46H57NO25/c1-18-14-34(57)68-31-15-29(12-13-30(18)31)67-44-35(47-20(3)48)39(72-45-42(65-27(10)55)40(63-25(8)53)36(19(2)60-45)61-23(6)51)37(32(69-44)16-58-21(4)49)71-46-43(66-28(11)56)41(64-26(9)54)38(62-24(7)52)33(70-46)17-59-22(5)50/h12-15,19,32-33,35-46H,16-17H2,1-11H3,(H,47,48)/t19-,32+,33+,35+,36+,37+,38-,39+,40+,41-,42-,43+,44+,45-,46-/m0/s1. The minimum atomic E-state index is -1.98. The van der Waals surface area contributed by atoms with Gasteiger partial charge >= 0.3 is 53.4 Å². The SMILES string of the molecule is CC(=O)N[C@H]1[C@H](Oc2ccc3c(C)cc(=O)oc3c2)O[C@H](COC(C)=O)[C@@H](O[C@@H]2O[C@H](COC(C)=O)[C@H](OC(C)=O)[C@H](OC(C)=O)[C@H]2OC(C)=O)[C@@H]1O[C@@H]1O[C@@H](C)[C@@H](OC(C)=O)[C@@H](OC(C)=O)[C@@H]1OC(C)=O. The highest BCUT2D eigenvalue weighted by atomic mass is 16.8. The molecule has 0 unspecified atom stereocenters. The fourth-order valence-electron chi connectivity index (χ4n) is 8.25. The second-order valence-electron chi connectivity index (χ2n) is 16.8. The van der Waals surface area contributed by atoms with E-state index in [9.17, 15) is 47.9 Å². The number of aryl methyl sites for hydroxylation is 1. The first kappa shape index (κ1) is 56.2. The number of fused-ring (bicyclic) bond motifs is 1. The van der Waals surface area contributed by atoms with Gasteiger partial charge in [-0.15, -0.1) is 0 Å². The van der Waals surface area contributed by atoms with Gasteiger partial charge in [0.25, 0.3) is 0 Å². The lowest BCUT2D eigenvalue weighted by Gasteiger charge is -2.51. The third-order valence-electron chi connectivity index (χ3n) is 10.8. The molecule has 1 N–H and O–H groups in total. The molecule has 4 heterocycles. The number of esters is 8. The summed E-state index contributed by atoms with van der Waals surface area (Å²) in [6.07, 6.45) is -23.6. The Balaban J connectivity index is 1.75. The second-order valence-corrected chi connectivity index (χ2v) is 16.8. The zero-order chi connectivity index (χ0) is 53.3. The number of nitrogens with one attached hydrogen (secondary N) is 1. The summed E-state index contributed by atoms with van der Waals surface area (Å²) in [6.45, 7) is 11.1. The van der Waals surface area contributed by atoms with Gasteiger partial charge in [-0.25, -0.2) is 4.79 Å². The summed E-state index contributed by atoms with van der Waals surface area (Å²) in [7, 11) is 0. The van der Waals surface area contributed by atoms with Crippen molar-refractivity contribution in [1.82, 2.24) is 5.32 Å². The Morgan fingerprint density at radius 2 is 0.958 bits per heavy atom. The molecule has 3 fully saturated rings. The van der Waals surface area contributed by atoms with Crippen LogP contribution < -0.4 is 15.7 Å². The molecule has 0 aliphatic carbocycles. The Labute approximate surface area is 410 Å². The summed E-state index contributed by atoms with van der Waals surface area (Å²) in [4.78, 5) is 126. The molecule has 26 heteroatoms. The van der Waals surface area contributed by atoms with E-state index in [-0.39, 0.29) is 11.3 Å². The van der Waals surface area contributed by atoms with E-state index in [1.807, 2.05) is 0 Å². The smallest absolute Gasteiger partial charge is 0.336 e. The molecule has 0 bridgehead atoms. The molecule has 1 aromatic heterocycles. The quantitative estimate of drug-likeness (QED) is 0.129. The van der Waals surface area contributed by atoms with Gasteiger partial charge in [0, 0.05) is 79.8 Å². The van der Waals surface area contributed by atoms with Crippen LogP contribution in [0.1, 0.15) is 74.8 Å². The average Bonchev–Trinajstić information content (AvgIpc) is 3.24.